The minimum absolute atomic E-state index is 0.212. The van der Waals surface area contributed by atoms with E-state index in [2.05, 4.69) is 46.9 Å². The number of pyridine rings is 1. The van der Waals surface area contributed by atoms with Gasteiger partial charge in [0.2, 0.25) is 0 Å². The van der Waals surface area contributed by atoms with Gasteiger partial charge in [0.05, 0.1) is 10.4 Å². The number of nitrogens with zero attached hydrogens (tertiary/aromatic N) is 5. The van der Waals surface area contributed by atoms with Gasteiger partial charge in [-0.2, -0.15) is 0 Å². The Morgan fingerprint density at radius 3 is 2.50 bits per heavy atom. The van der Waals surface area contributed by atoms with Crippen LogP contribution in [0.2, 0.25) is 0 Å². The third-order valence-corrected chi connectivity index (χ3v) is 6.82. The van der Waals surface area contributed by atoms with Crippen molar-refractivity contribution < 1.29 is 9.31 Å². The van der Waals surface area contributed by atoms with E-state index in [1.807, 2.05) is 4.90 Å². The van der Waals surface area contributed by atoms with Crippen LogP contribution in [0.5, 0.6) is 0 Å². The number of aromatic nitrogens is 2. The van der Waals surface area contributed by atoms with Crippen LogP contribution in [0.25, 0.3) is 21.8 Å². The van der Waals surface area contributed by atoms with E-state index < -0.39 is 22.0 Å². The third kappa shape index (κ3) is 3.62. The fourth-order valence-electron chi connectivity index (χ4n) is 5.04. The number of nitro groups is 1. The maximum atomic E-state index is 14.1. The molecule has 5 rings (SSSR count). The maximum Gasteiger partial charge on any atom is 0.357 e. The zero-order valence-electron chi connectivity index (χ0n) is 19.2. The Bertz CT molecular complexity index is 1470. The summed E-state index contributed by atoms with van der Waals surface area (Å²) >= 11 is 0. The number of fused-ring (bicyclic) bond motifs is 2. The van der Waals surface area contributed by atoms with Crippen molar-refractivity contribution >= 4 is 33.2 Å². The largest absolute Gasteiger partial charge is 0.363 e. The second-order valence-corrected chi connectivity index (χ2v) is 8.69. The smallest absolute Gasteiger partial charge is 0.357 e. The maximum absolute atomic E-state index is 14.1. The van der Waals surface area contributed by atoms with E-state index in [0.717, 1.165) is 13.1 Å². The summed E-state index contributed by atoms with van der Waals surface area (Å²) in [4.78, 5) is 28.2. The molecule has 34 heavy (non-hydrogen) atoms. The molecule has 1 aliphatic rings. The van der Waals surface area contributed by atoms with E-state index in [1.165, 1.54) is 46.3 Å². The van der Waals surface area contributed by atoms with E-state index in [4.69, 9.17) is 0 Å². The molecule has 0 bridgehead atoms. The molecule has 0 saturated carbocycles. The summed E-state index contributed by atoms with van der Waals surface area (Å²) in [5, 5.41) is 13.5. The number of piperazine rings is 1. The van der Waals surface area contributed by atoms with Gasteiger partial charge in [-0.3, -0.25) is 19.8 Å². The first-order valence-electron chi connectivity index (χ1n) is 11.4. The molecule has 1 aliphatic heterocycles. The zero-order chi connectivity index (χ0) is 24.0. The molecule has 2 aromatic carbocycles. The number of aryl methyl sites for hydroxylation is 2. The van der Waals surface area contributed by atoms with Crippen LogP contribution >= 0.6 is 0 Å². The first-order chi connectivity index (χ1) is 16.4. The van der Waals surface area contributed by atoms with Gasteiger partial charge in [0.1, 0.15) is 11.5 Å². The Kier molecular flexibility index (Phi) is 5.57. The number of halogens is 1. The van der Waals surface area contributed by atoms with Crippen LogP contribution in [-0.4, -0.2) is 45.1 Å². The fourth-order valence-corrected chi connectivity index (χ4v) is 5.04. The lowest BCUT2D eigenvalue weighted by Crippen LogP contribution is -2.46. The lowest BCUT2D eigenvalue weighted by atomic mass is 10.1. The van der Waals surface area contributed by atoms with Crippen molar-refractivity contribution in [2.24, 2.45) is 7.05 Å². The van der Waals surface area contributed by atoms with Gasteiger partial charge in [-0.05, 0) is 42.8 Å². The molecule has 0 spiro atoms. The summed E-state index contributed by atoms with van der Waals surface area (Å²) in [7, 11) is 1.48. The Labute approximate surface area is 195 Å². The van der Waals surface area contributed by atoms with Crippen molar-refractivity contribution in [2.45, 2.75) is 20.0 Å². The summed E-state index contributed by atoms with van der Waals surface area (Å²) in [5.41, 5.74) is 1.95. The van der Waals surface area contributed by atoms with Crippen molar-refractivity contribution in [2.75, 3.05) is 31.1 Å². The average Bonchev–Trinajstić information content (AvgIpc) is 3.26. The number of hydrogen-bond acceptors (Lipinski definition) is 5. The van der Waals surface area contributed by atoms with Crippen molar-refractivity contribution in [1.29, 1.82) is 0 Å². The summed E-state index contributed by atoms with van der Waals surface area (Å²) in [6.07, 6.45) is 2.10. The van der Waals surface area contributed by atoms with E-state index in [1.54, 1.807) is 0 Å². The van der Waals surface area contributed by atoms with Crippen LogP contribution in [0.15, 0.2) is 53.5 Å². The molecule has 0 unspecified atom stereocenters. The number of benzene rings is 2. The van der Waals surface area contributed by atoms with Crippen LogP contribution in [-0.2, 0) is 20.1 Å². The Morgan fingerprint density at radius 1 is 1.03 bits per heavy atom. The third-order valence-electron chi connectivity index (χ3n) is 6.82. The lowest BCUT2D eigenvalue weighted by Gasteiger charge is -2.36. The molecule has 2 aromatic heterocycles. The van der Waals surface area contributed by atoms with Crippen LogP contribution in [0.1, 0.15) is 12.5 Å². The molecule has 4 aromatic rings. The SMILES string of the molecule is CCn1ccc2c(CN3CCN(c4c([N+](=O)[O-])c(=O)n(C)c5ccc(F)cc45)CC3)cccc21. The number of hydrogen-bond donors (Lipinski definition) is 0. The Balaban J connectivity index is 1.45. The minimum Gasteiger partial charge on any atom is -0.363 e. The average molecular weight is 464 g/mol. The quantitative estimate of drug-likeness (QED) is 0.332. The summed E-state index contributed by atoms with van der Waals surface area (Å²) < 4.78 is 17.6. The molecular weight excluding hydrogens is 437 g/mol. The van der Waals surface area contributed by atoms with Crippen LogP contribution in [0, 0.1) is 15.9 Å². The molecule has 0 radical (unpaired) electrons. The van der Waals surface area contributed by atoms with Gasteiger partial charge in [0, 0.05) is 68.8 Å². The first-order valence-corrected chi connectivity index (χ1v) is 11.4. The van der Waals surface area contributed by atoms with Gasteiger partial charge < -0.3 is 14.0 Å². The highest BCUT2D eigenvalue weighted by molar-refractivity contribution is 5.96. The van der Waals surface area contributed by atoms with Gasteiger partial charge in [0.15, 0.2) is 0 Å². The van der Waals surface area contributed by atoms with Crippen molar-refractivity contribution in [1.82, 2.24) is 14.0 Å². The van der Waals surface area contributed by atoms with Crippen LogP contribution in [0.4, 0.5) is 15.8 Å². The molecule has 176 valence electrons. The molecular formula is C25H26FN5O3. The minimum atomic E-state index is -0.686. The van der Waals surface area contributed by atoms with Crippen LogP contribution < -0.4 is 10.5 Å². The van der Waals surface area contributed by atoms with Gasteiger partial charge in [-0.1, -0.05) is 12.1 Å². The highest BCUT2D eigenvalue weighted by atomic mass is 19.1. The van der Waals surface area contributed by atoms with Crippen molar-refractivity contribution in [3.63, 3.8) is 0 Å². The second-order valence-electron chi connectivity index (χ2n) is 8.69. The normalized spacial score (nSPS) is 14.9. The second kappa shape index (κ2) is 8.57. The summed E-state index contributed by atoms with van der Waals surface area (Å²) in [6.45, 7) is 6.17. The van der Waals surface area contributed by atoms with Crippen LogP contribution in [0.3, 0.4) is 0 Å². The van der Waals surface area contributed by atoms with Gasteiger partial charge in [0.25, 0.3) is 0 Å². The molecule has 0 atom stereocenters. The highest BCUT2D eigenvalue weighted by Gasteiger charge is 2.31. The monoisotopic (exact) mass is 463 g/mol. The number of anilines is 1. The predicted molar refractivity (Wildman–Crippen MR) is 131 cm³/mol. The molecule has 9 heteroatoms. The lowest BCUT2D eigenvalue weighted by molar-refractivity contribution is -0.385. The molecule has 3 heterocycles. The molecule has 8 nitrogen and oxygen atoms in total. The topological polar surface area (TPSA) is 76.6 Å². The van der Waals surface area contributed by atoms with E-state index in [-0.39, 0.29) is 5.69 Å². The fraction of sp³-hybridized carbons (Fsp3) is 0.320. The number of rotatable bonds is 5. The van der Waals surface area contributed by atoms with E-state index in [9.17, 15) is 19.3 Å². The molecule has 0 aliphatic carbocycles. The zero-order valence-corrected chi connectivity index (χ0v) is 19.2. The van der Waals surface area contributed by atoms with Gasteiger partial charge >= 0.3 is 11.2 Å². The summed E-state index contributed by atoms with van der Waals surface area (Å²) in [6, 6.07) is 12.5. The molecule has 1 saturated heterocycles. The van der Waals surface area contributed by atoms with Crippen molar-refractivity contribution in [3.05, 3.63) is 80.5 Å². The standard InChI is InChI=1S/C25H26FN5O3/c1-3-29-10-9-19-17(5-4-6-22(19)29)16-28-11-13-30(14-12-28)23-20-15-18(26)7-8-21(20)27(2)25(32)24(23)31(33)34/h4-10,15H,3,11-14,16H2,1-2H3. The Morgan fingerprint density at radius 2 is 1.79 bits per heavy atom. The van der Waals surface area contributed by atoms with Gasteiger partial charge in [-0.25, -0.2) is 4.39 Å². The van der Waals surface area contributed by atoms with E-state index >= 15 is 0 Å². The first kappa shape index (κ1) is 22.1. The highest BCUT2D eigenvalue weighted by Crippen LogP contribution is 2.34. The summed E-state index contributed by atoms with van der Waals surface area (Å²) in [5.74, 6) is -0.493. The molecule has 1 fully saturated rings. The predicted octanol–water partition coefficient (Wildman–Crippen LogP) is 3.88. The van der Waals surface area contributed by atoms with Gasteiger partial charge in [-0.15, -0.1) is 0 Å². The Hall–Kier alpha value is -3.72. The van der Waals surface area contributed by atoms with Crippen molar-refractivity contribution in [3.8, 4) is 0 Å². The van der Waals surface area contributed by atoms with E-state index in [0.29, 0.717) is 37.1 Å². The molecule has 0 N–H and O–H groups in total. The molecule has 0 amide bonds.